The number of hydrogen-bond acceptors (Lipinski definition) is 2. The van der Waals surface area contributed by atoms with Gasteiger partial charge in [-0.1, -0.05) is 40.9 Å². The quantitative estimate of drug-likeness (QED) is 0.786. The third-order valence-electron chi connectivity index (χ3n) is 2.72. The van der Waals surface area contributed by atoms with Crippen LogP contribution < -0.4 is 10.1 Å². The van der Waals surface area contributed by atoms with E-state index in [0.717, 1.165) is 17.0 Å². The molecule has 2 aromatic rings. The lowest BCUT2D eigenvalue weighted by atomic mass is 10.2. The Kier molecular flexibility index (Phi) is 3.02. The first-order chi connectivity index (χ1) is 8.63. The standard InChI is InChI=1S/C13H8Cl3NO/c14-8-2-4-12-11(6-8)17-13(18-12)7-1-3-9(15)10(16)5-7/h1-6,13,17H. The number of anilines is 1. The summed E-state index contributed by atoms with van der Waals surface area (Å²) in [5, 5.41) is 4.93. The summed E-state index contributed by atoms with van der Waals surface area (Å²) in [5.74, 6) is 0.774. The summed E-state index contributed by atoms with van der Waals surface area (Å²) in [6.07, 6.45) is -0.270. The van der Waals surface area contributed by atoms with E-state index in [9.17, 15) is 0 Å². The van der Waals surface area contributed by atoms with Crippen LogP contribution in [0, 0.1) is 0 Å². The normalized spacial score (nSPS) is 16.9. The van der Waals surface area contributed by atoms with Gasteiger partial charge in [0.05, 0.1) is 15.7 Å². The predicted molar refractivity (Wildman–Crippen MR) is 74.9 cm³/mol. The van der Waals surface area contributed by atoms with Gasteiger partial charge in [-0.25, -0.2) is 0 Å². The molecule has 5 heteroatoms. The summed E-state index contributed by atoms with van der Waals surface area (Å²) in [7, 11) is 0. The highest BCUT2D eigenvalue weighted by Crippen LogP contribution is 2.40. The molecule has 0 saturated carbocycles. The van der Waals surface area contributed by atoms with Gasteiger partial charge in [0.1, 0.15) is 5.75 Å². The van der Waals surface area contributed by atoms with Gasteiger partial charge >= 0.3 is 0 Å². The van der Waals surface area contributed by atoms with Gasteiger partial charge in [0, 0.05) is 10.6 Å². The van der Waals surface area contributed by atoms with Crippen LogP contribution in [0.1, 0.15) is 11.8 Å². The van der Waals surface area contributed by atoms with Crippen molar-refractivity contribution in [1.82, 2.24) is 0 Å². The third kappa shape index (κ3) is 2.12. The molecule has 18 heavy (non-hydrogen) atoms. The lowest BCUT2D eigenvalue weighted by molar-refractivity contribution is 0.260. The first-order valence-electron chi connectivity index (χ1n) is 5.31. The summed E-state index contributed by atoms with van der Waals surface area (Å²) in [4.78, 5) is 0. The molecule has 1 unspecified atom stereocenters. The Balaban J connectivity index is 1.91. The van der Waals surface area contributed by atoms with E-state index in [-0.39, 0.29) is 6.23 Å². The van der Waals surface area contributed by atoms with Gasteiger partial charge in [-0.3, -0.25) is 0 Å². The molecule has 0 spiro atoms. The largest absolute Gasteiger partial charge is 0.464 e. The second-order valence-corrected chi connectivity index (χ2v) is 5.21. The van der Waals surface area contributed by atoms with E-state index in [1.807, 2.05) is 18.2 Å². The predicted octanol–water partition coefficient (Wildman–Crippen LogP) is 5.15. The highest BCUT2D eigenvalue weighted by molar-refractivity contribution is 6.42. The van der Waals surface area contributed by atoms with E-state index in [0.29, 0.717) is 15.1 Å². The van der Waals surface area contributed by atoms with Crippen LogP contribution in [0.2, 0.25) is 15.1 Å². The Morgan fingerprint density at radius 1 is 0.944 bits per heavy atom. The van der Waals surface area contributed by atoms with Crippen LogP contribution in [0.15, 0.2) is 36.4 Å². The molecule has 0 bridgehead atoms. The maximum Gasteiger partial charge on any atom is 0.196 e. The van der Waals surface area contributed by atoms with E-state index in [4.69, 9.17) is 39.5 Å². The molecule has 0 saturated heterocycles. The molecule has 2 aromatic carbocycles. The van der Waals surface area contributed by atoms with Crippen molar-refractivity contribution in [2.75, 3.05) is 5.32 Å². The average Bonchev–Trinajstić information content (AvgIpc) is 2.75. The zero-order chi connectivity index (χ0) is 12.7. The highest BCUT2D eigenvalue weighted by Gasteiger charge is 2.23. The van der Waals surface area contributed by atoms with Crippen molar-refractivity contribution < 1.29 is 4.74 Å². The summed E-state index contributed by atoms with van der Waals surface area (Å²) < 4.78 is 5.77. The summed E-state index contributed by atoms with van der Waals surface area (Å²) in [6, 6.07) is 10.9. The second kappa shape index (κ2) is 4.54. The minimum atomic E-state index is -0.270. The van der Waals surface area contributed by atoms with E-state index in [2.05, 4.69) is 5.32 Å². The van der Waals surface area contributed by atoms with Crippen molar-refractivity contribution in [3.05, 3.63) is 57.0 Å². The summed E-state index contributed by atoms with van der Waals surface area (Å²) in [6.45, 7) is 0. The molecule has 1 heterocycles. The maximum atomic E-state index is 5.99. The van der Waals surface area contributed by atoms with Crippen molar-refractivity contribution in [2.45, 2.75) is 6.23 Å². The van der Waals surface area contributed by atoms with E-state index < -0.39 is 0 Å². The van der Waals surface area contributed by atoms with Gasteiger partial charge in [0.15, 0.2) is 6.23 Å². The van der Waals surface area contributed by atoms with E-state index in [1.54, 1.807) is 18.2 Å². The van der Waals surface area contributed by atoms with Gasteiger partial charge in [0.25, 0.3) is 0 Å². The smallest absolute Gasteiger partial charge is 0.196 e. The van der Waals surface area contributed by atoms with Crippen LogP contribution in [0.3, 0.4) is 0 Å². The second-order valence-electron chi connectivity index (χ2n) is 3.96. The number of hydrogen-bond donors (Lipinski definition) is 1. The number of halogens is 3. The molecular weight excluding hydrogens is 293 g/mol. The molecular formula is C13H8Cl3NO. The number of ether oxygens (including phenoxy) is 1. The van der Waals surface area contributed by atoms with Crippen LogP contribution in [-0.4, -0.2) is 0 Å². The Labute approximate surface area is 119 Å². The molecule has 0 aliphatic carbocycles. The summed E-state index contributed by atoms with van der Waals surface area (Å²) in [5.41, 5.74) is 1.79. The zero-order valence-electron chi connectivity index (χ0n) is 9.08. The number of rotatable bonds is 1. The molecule has 2 nitrogen and oxygen atoms in total. The number of benzene rings is 2. The molecule has 3 rings (SSSR count). The first-order valence-corrected chi connectivity index (χ1v) is 6.44. The minimum Gasteiger partial charge on any atom is -0.464 e. The molecule has 0 fully saturated rings. The number of nitrogens with one attached hydrogen (secondary N) is 1. The van der Waals surface area contributed by atoms with Gasteiger partial charge in [-0.15, -0.1) is 0 Å². The lowest BCUT2D eigenvalue weighted by Gasteiger charge is -2.12. The van der Waals surface area contributed by atoms with Gasteiger partial charge in [0.2, 0.25) is 0 Å². The van der Waals surface area contributed by atoms with Gasteiger partial charge < -0.3 is 10.1 Å². The monoisotopic (exact) mass is 299 g/mol. The van der Waals surface area contributed by atoms with Crippen molar-refractivity contribution in [3.63, 3.8) is 0 Å². The Hall–Kier alpha value is -1.09. The average molecular weight is 301 g/mol. The zero-order valence-corrected chi connectivity index (χ0v) is 11.4. The van der Waals surface area contributed by atoms with E-state index in [1.165, 1.54) is 0 Å². The van der Waals surface area contributed by atoms with Crippen molar-refractivity contribution >= 4 is 40.5 Å². The molecule has 1 aliphatic rings. The minimum absolute atomic E-state index is 0.270. The van der Waals surface area contributed by atoms with Crippen molar-refractivity contribution in [3.8, 4) is 5.75 Å². The fraction of sp³-hybridized carbons (Fsp3) is 0.0769. The molecule has 1 atom stereocenters. The maximum absolute atomic E-state index is 5.99. The fourth-order valence-electron chi connectivity index (χ4n) is 1.84. The SMILES string of the molecule is Clc1ccc2c(c1)NC(c1ccc(Cl)c(Cl)c1)O2. The van der Waals surface area contributed by atoms with Crippen LogP contribution in [-0.2, 0) is 0 Å². The molecule has 92 valence electrons. The Bertz CT molecular complexity index is 615. The molecule has 1 aliphatic heterocycles. The highest BCUT2D eigenvalue weighted by atomic mass is 35.5. The van der Waals surface area contributed by atoms with E-state index >= 15 is 0 Å². The third-order valence-corrected chi connectivity index (χ3v) is 3.69. The van der Waals surface area contributed by atoms with Crippen molar-refractivity contribution in [2.24, 2.45) is 0 Å². The molecule has 1 N–H and O–H groups in total. The van der Waals surface area contributed by atoms with Crippen LogP contribution in [0.4, 0.5) is 5.69 Å². The topological polar surface area (TPSA) is 21.3 Å². The molecule has 0 aromatic heterocycles. The van der Waals surface area contributed by atoms with Crippen LogP contribution >= 0.6 is 34.8 Å². The van der Waals surface area contributed by atoms with Crippen LogP contribution in [0.5, 0.6) is 5.75 Å². The molecule has 0 radical (unpaired) electrons. The first kappa shape index (κ1) is 12.0. The fourth-order valence-corrected chi connectivity index (χ4v) is 2.32. The van der Waals surface area contributed by atoms with Crippen LogP contribution in [0.25, 0.3) is 0 Å². The number of fused-ring (bicyclic) bond motifs is 1. The Morgan fingerprint density at radius 3 is 2.56 bits per heavy atom. The molecule has 0 amide bonds. The summed E-state index contributed by atoms with van der Waals surface area (Å²) >= 11 is 17.8. The Morgan fingerprint density at radius 2 is 1.78 bits per heavy atom. The van der Waals surface area contributed by atoms with Gasteiger partial charge in [-0.05, 0) is 30.3 Å². The van der Waals surface area contributed by atoms with Crippen molar-refractivity contribution in [1.29, 1.82) is 0 Å². The lowest BCUT2D eigenvalue weighted by Crippen LogP contribution is -2.09. The van der Waals surface area contributed by atoms with Gasteiger partial charge in [-0.2, -0.15) is 0 Å².